The maximum Gasteiger partial charge on any atom is 0.130 e. The van der Waals surface area contributed by atoms with Gasteiger partial charge in [0.2, 0.25) is 0 Å². The van der Waals surface area contributed by atoms with Crippen LogP contribution in [0.1, 0.15) is 24.3 Å². The summed E-state index contributed by atoms with van der Waals surface area (Å²) in [6.07, 6.45) is 2.50. The van der Waals surface area contributed by atoms with Gasteiger partial charge in [0.05, 0.1) is 19.9 Å². The van der Waals surface area contributed by atoms with E-state index in [1.54, 1.807) is 14.2 Å². The Kier molecular flexibility index (Phi) is 4.44. The number of methoxy groups -OCH3 is 2. The molecule has 4 nitrogen and oxygen atoms in total. The topological polar surface area (TPSA) is 33.7 Å². The number of nitrogens with zero attached hydrogens (tertiary/aromatic N) is 1. The number of anilines is 1. The highest BCUT2D eigenvalue weighted by atomic mass is 32.2. The SMILES string of the molecule is COc1ccc(-c2cc3c4c(c2)C2CNCCC2N4CCCS3)c(OC)c1. The summed E-state index contributed by atoms with van der Waals surface area (Å²) in [5.74, 6) is 3.48. The minimum Gasteiger partial charge on any atom is -0.497 e. The Morgan fingerprint density at radius 3 is 2.93 bits per heavy atom. The van der Waals surface area contributed by atoms with E-state index in [2.05, 4.69) is 28.4 Å². The first kappa shape index (κ1) is 17.3. The maximum atomic E-state index is 5.69. The van der Waals surface area contributed by atoms with E-state index in [1.807, 2.05) is 23.9 Å². The minimum absolute atomic E-state index is 0.593. The van der Waals surface area contributed by atoms with Gasteiger partial charge in [0.1, 0.15) is 11.5 Å². The molecule has 1 N–H and O–H groups in total. The van der Waals surface area contributed by atoms with Crippen molar-refractivity contribution >= 4 is 17.4 Å². The van der Waals surface area contributed by atoms with Crippen molar-refractivity contribution in [2.75, 3.05) is 44.5 Å². The summed E-state index contributed by atoms with van der Waals surface area (Å²) in [4.78, 5) is 4.15. The number of benzene rings is 2. The first-order chi connectivity index (χ1) is 13.3. The van der Waals surface area contributed by atoms with Gasteiger partial charge in [0.25, 0.3) is 0 Å². The van der Waals surface area contributed by atoms with E-state index in [4.69, 9.17) is 9.47 Å². The number of nitrogens with one attached hydrogen (secondary N) is 1. The Labute approximate surface area is 165 Å². The quantitative estimate of drug-likeness (QED) is 0.863. The summed E-state index contributed by atoms with van der Waals surface area (Å²) in [5, 5.41) is 3.62. The molecule has 3 heterocycles. The molecule has 5 rings (SSSR count). The molecule has 0 aromatic heterocycles. The van der Waals surface area contributed by atoms with Crippen molar-refractivity contribution in [2.45, 2.75) is 29.7 Å². The molecule has 27 heavy (non-hydrogen) atoms. The van der Waals surface area contributed by atoms with Crippen LogP contribution in [0, 0.1) is 0 Å². The summed E-state index contributed by atoms with van der Waals surface area (Å²) in [7, 11) is 3.43. The fourth-order valence-corrected chi connectivity index (χ4v) is 5.99. The lowest BCUT2D eigenvalue weighted by Gasteiger charge is -2.33. The van der Waals surface area contributed by atoms with Crippen LogP contribution in [0.5, 0.6) is 11.5 Å². The second kappa shape index (κ2) is 6.95. The number of thioether (sulfide) groups is 1. The van der Waals surface area contributed by atoms with E-state index in [0.717, 1.165) is 30.2 Å². The van der Waals surface area contributed by atoms with Crippen molar-refractivity contribution < 1.29 is 9.47 Å². The lowest BCUT2D eigenvalue weighted by molar-refractivity contribution is 0.395. The van der Waals surface area contributed by atoms with Gasteiger partial charge in [-0.05, 0) is 60.5 Å². The molecule has 5 heteroatoms. The number of rotatable bonds is 3. The fraction of sp³-hybridized carbons (Fsp3) is 0.455. The average Bonchev–Trinajstić information content (AvgIpc) is 2.88. The highest BCUT2D eigenvalue weighted by Crippen LogP contribution is 2.51. The van der Waals surface area contributed by atoms with Crippen molar-refractivity contribution in [2.24, 2.45) is 0 Å². The van der Waals surface area contributed by atoms with Crippen molar-refractivity contribution in [3.05, 3.63) is 35.9 Å². The Morgan fingerprint density at radius 1 is 1.15 bits per heavy atom. The summed E-state index contributed by atoms with van der Waals surface area (Å²) >= 11 is 2.02. The zero-order chi connectivity index (χ0) is 18.4. The van der Waals surface area contributed by atoms with Crippen molar-refractivity contribution in [1.82, 2.24) is 5.32 Å². The molecule has 3 aliphatic heterocycles. The third-order valence-electron chi connectivity index (χ3n) is 6.16. The number of hydrogen-bond acceptors (Lipinski definition) is 5. The van der Waals surface area contributed by atoms with Gasteiger partial charge in [-0.2, -0.15) is 0 Å². The molecule has 0 saturated carbocycles. The molecular weight excluding hydrogens is 356 g/mol. The van der Waals surface area contributed by atoms with Crippen LogP contribution < -0.4 is 19.7 Å². The Morgan fingerprint density at radius 2 is 2.07 bits per heavy atom. The molecule has 2 atom stereocenters. The lowest BCUT2D eigenvalue weighted by Crippen LogP contribution is -2.44. The van der Waals surface area contributed by atoms with E-state index in [1.165, 1.54) is 46.8 Å². The number of hydrogen-bond donors (Lipinski definition) is 1. The Hall–Kier alpha value is -1.85. The van der Waals surface area contributed by atoms with E-state index in [0.29, 0.717) is 12.0 Å². The molecule has 0 bridgehead atoms. The van der Waals surface area contributed by atoms with Gasteiger partial charge in [-0.15, -0.1) is 11.8 Å². The molecule has 0 spiro atoms. The van der Waals surface area contributed by atoms with Gasteiger partial charge in [-0.1, -0.05) is 0 Å². The third-order valence-corrected chi connectivity index (χ3v) is 7.27. The second-order valence-corrected chi connectivity index (χ2v) is 8.68. The van der Waals surface area contributed by atoms with Gasteiger partial charge >= 0.3 is 0 Å². The van der Waals surface area contributed by atoms with Crippen molar-refractivity contribution in [1.29, 1.82) is 0 Å². The van der Waals surface area contributed by atoms with Crippen LogP contribution in [0.25, 0.3) is 11.1 Å². The molecule has 142 valence electrons. The highest BCUT2D eigenvalue weighted by Gasteiger charge is 2.42. The van der Waals surface area contributed by atoms with E-state index < -0.39 is 0 Å². The molecule has 1 saturated heterocycles. The Bertz CT molecular complexity index is 870. The molecule has 2 aromatic rings. The van der Waals surface area contributed by atoms with E-state index in [-0.39, 0.29) is 0 Å². The van der Waals surface area contributed by atoms with Crippen LogP contribution in [-0.4, -0.2) is 45.6 Å². The highest BCUT2D eigenvalue weighted by molar-refractivity contribution is 7.99. The molecule has 0 amide bonds. The van der Waals surface area contributed by atoms with Crippen LogP contribution in [0.4, 0.5) is 5.69 Å². The molecule has 2 aromatic carbocycles. The minimum atomic E-state index is 0.593. The monoisotopic (exact) mass is 382 g/mol. The first-order valence-corrected chi connectivity index (χ1v) is 10.8. The molecule has 1 fully saturated rings. The van der Waals surface area contributed by atoms with E-state index >= 15 is 0 Å². The fourth-order valence-electron chi connectivity index (χ4n) is 4.92. The standard InChI is InChI=1S/C22H26N2O2S/c1-25-15-4-5-16(20(12-15)26-2)14-10-17-18-13-23-7-6-19(18)24-8-3-9-27-21(11-14)22(17)24/h4-5,10-12,18-19,23H,3,6-9,13H2,1-2H3. The van der Waals surface area contributed by atoms with Crippen LogP contribution in [0.15, 0.2) is 35.2 Å². The summed E-state index contributed by atoms with van der Waals surface area (Å²) < 4.78 is 11.1. The Balaban J connectivity index is 1.66. The van der Waals surface area contributed by atoms with Gasteiger partial charge in [0.15, 0.2) is 0 Å². The van der Waals surface area contributed by atoms with Crippen molar-refractivity contribution in [3.8, 4) is 22.6 Å². The van der Waals surface area contributed by atoms with Crippen molar-refractivity contribution in [3.63, 3.8) is 0 Å². The third kappa shape index (κ3) is 2.79. The summed E-state index contributed by atoms with van der Waals surface area (Å²) in [6.45, 7) is 3.41. The zero-order valence-corrected chi connectivity index (χ0v) is 16.8. The number of piperidine rings is 1. The molecule has 0 aliphatic carbocycles. The average molecular weight is 383 g/mol. The smallest absolute Gasteiger partial charge is 0.130 e. The predicted octanol–water partition coefficient (Wildman–Crippen LogP) is 4.13. The molecule has 3 aliphatic rings. The number of ether oxygens (including phenoxy) is 2. The molecule has 0 radical (unpaired) electrons. The van der Waals surface area contributed by atoms with Gasteiger partial charge in [-0.25, -0.2) is 0 Å². The first-order valence-electron chi connectivity index (χ1n) is 9.80. The largest absolute Gasteiger partial charge is 0.497 e. The zero-order valence-electron chi connectivity index (χ0n) is 16.0. The number of fused-ring (bicyclic) bond motifs is 3. The summed E-state index contributed by atoms with van der Waals surface area (Å²) in [5.41, 5.74) is 5.42. The van der Waals surface area contributed by atoms with Gasteiger partial charge in [-0.3, -0.25) is 0 Å². The van der Waals surface area contributed by atoms with Gasteiger partial charge in [0, 0.05) is 41.6 Å². The van der Waals surface area contributed by atoms with E-state index in [9.17, 15) is 0 Å². The van der Waals surface area contributed by atoms with Crippen LogP contribution >= 0.6 is 11.8 Å². The van der Waals surface area contributed by atoms with Crippen LogP contribution in [0.3, 0.4) is 0 Å². The predicted molar refractivity (Wildman–Crippen MR) is 112 cm³/mol. The maximum absolute atomic E-state index is 5.69. The normalized spacial score (nSPS) is 23.4. The lowest BCUT2D eigenvalue weighted by atomic mass is 9.88. The van der Waals surface area contributed by atoms with Crippen LogP contribution in [0.2, 0.25) is 0 Å². The molecule has 2 unspecified atom stereocenters. The second-order valence-electron chi connectivity index (χ2n) is 7.54. The van der Waals surface area contributed by atoms with Gasteiger partial charge < -0.3 is 19.7 Å². The van der Waals surface area contributed by atoms with Crippen LogP contribution in [-0.2, 0) is 0 Å². The molecular formula is C22H26N2O2S. The summed E-state index contributed by atoms with van der Waals surface area (Å²) in [6, 6.07) is 11.6.